The van der Waals surface area contributed by atoms with Crippen molar-refractivity contribution in [1.82, 2.24) is 10.2 Å². The monoisotopic (exact) mass is 369 g/mol. The zero-order valence-corrected chi connectivity index (χ0v) is 14.7. The van der Waals surface area contributed by atoms with Crippen LogP contribution in [0, 0.1) is 0 Å². The highest BCUT2D eigenvalue weighted by atomic mass is 16.4. The van der Waals surface area contributed by atoms with Gasteiger partial charge < -0.3 is 4.42 Å². The molecule has 0 unspecified atom stereocenters. The average Bonchev–Trinajstić information content (AvgIpc) is 3.23. The summed E-state index contributed by atoms with van der Waals surface area (Å²) in [5.41, 5.74) is 1.78. The number of carbonyl (C=O) groups excluding carboxylic acids is 2. The average molecular weight is 369 g/mol. The molecule has 1 amide bonds. The Morgan fingerprint density at radius 1 is 0.714 bits per heavy atom. The molecule has 0 radical (unpaired) electrons. The fourth-order valence-electron chi connectivity index (χ4n) is 2.76. The molecular weight excluding hydrogens is 354 g/mol. The van der Waals surface area contributed by atoms with Crippen molar-refractivity contribution in [2.24, 2.45) is 0 Å². The van der Waals surface area contributed by atoms with E-state index in [0.717, 1.165) is 5.56 Å². The maximum Gasteiger partial charge on any atom is 0.322 e. The molecule has 1 aromatic heterocycles. The second kappa shape index (κ2) is 7.67. The largest absolute Gasteiger partial charge is 0.403 e. The molecule has 3 aromatic carbocycles. The molecule has 6 heteroatoms. The second-order valence-corrected chi connectivity index (χ2v) is 5.97. The number of nitrogens with zero attached hydrogens (tertiary/aromatic N) is 2. The summed E-state index contributed by atoms with van der Waals surface area (Å²) in [6.07, 6.45) is 0. The molecule has 6 nitrogen and oxygen atoms in total. The molecule has 0 fully saturated rings. The summed E-state index contributed by atoms with van der Waals surface area (Å²) in [5, 5.41) is 10.4. The molecular formula is C22H15N3O3. The van der Waals surface area contributed by atoms with Crippen LogP contribution in [0.25, 0.3) is 11.5 Å². The molecule has 4 aromatic rings. The Morgan fingerprint density at radius 3 is 2.04 bits per heavy atom. The quantitative estimate of drug-likeness (QED) is 0.532. The van der Waals surface area contributed by atoms with Crippen molar-refractivity contribution in [2.75, 3.05) is 5.32 Å². The van der Waals surface area contributed by atoms with Gasteiger partial charge in [-0.3, -0.25) is 14.9 Å². The topological polar surface area (TPSA) is 85.1 Å². The highest BCUT2D eigenvalue weighted by molar-refractivity contribution is 6.17. The summed E-state index contributed by atoms with van der Waals surface area (Å²) in [6, 6.07) is 24.6. The summed E-state index contributed by atoms with van der Waals surface area (Å²) in [5.74, 6) is -0.436. The standard InChI is InChI=1S/C22H15N3O3/c26-19(15-9-3-1-4-10-15)17-13-7-8-14-18(17)20(27)23-22-25-24-21(28-22)16-11-5-2-6-12-16/h1-14H,(H,23,25,27). The fourth-order valence-corrected chi connectivity index (χ4v) is 2.76. The van der Waals surface area contributed by atoms with Gasteiger partial charge in [-0.25, -0.2) is 0 Å². The number of ketones is 1. The lowest BCUT2D eigenvalue weighted by Crippen LogP contribution is -2.17. The van der Waals surface area contributed by atoms with E-state index in [4.69, 9.17) is 4.42 Å². The normalized spacial score (nSPS) is 10.4. The second-order valence-electron chi connectivity index (χ2n) is 5.97. The van der Waals surface area contributed by atoms with Gasteiger partial charge >= 0.3 is 6.01 Å². The van der Waals surface area contributed by atoms with Gasteiger partial charge in [0, 0.05) is 16.7 Å². The van der Waals surface area contributed by atoms with Crippen LogP contribution in [-0.4, -0.2) is 21.9 Å². The smallest absolute Gasteiger partial charge is 0.322 e. The third-order valence-corrected chi connectivity index (χ3v) is 4.12. The lowest BCUT2D eigenvalue weighted by molar-refractivity contribution is 0.0994. The molecule has 1 N–H and O–H groups in total. The third-order valence-electron chi connectivity index (χ3n) is 4.12. The van der Waals surface area contributed by atoms with Gasteiger partial charge in [0.25, 0.3) is 5.91 Å². The lowest BCUT2D eigenvalue weighted by atomic mass is 9.98. The van der Waals surface area contributed by atoms with E-state index in [1.807, 2.05) is 36.4 Å². The number of anilines is 1. The first kappa shape index (κ1) is 17.4. The predicted octanol–water partition coefficient (Wildman–Crippen LogP) is 4.22. The summed E-state index contributed by atoms with van der Waals surface area (Å²) in [7, 11) is 0. The number of benzene rings is 3. The first-order valence-electron chi connectivity index (χ1n) is 8.61. The van der Waals surface area contributed by atoms with E-state index in [-0.39, 0.29) is 17.4 Å². The molecule has 1 heterocycles. The Balaban J connectivity index is 1.58. The van der Waals surface area contributed by atoms with Gasteiger partial charge in [-0.1, -0.05) is 71.8 Å². The van der Waals surface area contributed by atoms with E-state index in [0.29, 0.717) is 17.0 Å². The van der Waals surface area contributed by atoms with Crippen LogP contribution in [0.1, 0.15) is 26.3 Å². The van der Waals surface area contributed by atoms with Crippen LogP contribution in [0.15, 0.2) is 89.3 Å². The van der Waals surface area contributed by atoms with Crippen LogP contribution >= 0.6 is 0 Å². The van der Waals surface area contributed by atoms with Gasteiger partial charge in [-0.05, 0) is 18.2 Å². The van der Waals surface area contributed by atoms with Gasteiger partial charge in [0.1, 0.15) is 0 Å². The van der Waals surface area contributed by atoms with Crippen molar-refractivity contribution in [3.63, 3.8) is 0 Å². The number of rotatable bonds is 5. The number of nitrogens with one attached hydrogen (secondary N) is 1. The summed E-state index contributed by atoms with van der Waals surface area (Å²) < 4.78 is 5.51. The molecule has 136 valence electrons. The first-order valence-corrected chi connectivity index (χ1v) is 8.61. The minimum absolute atomic E-state index is 0.0363. The Morgan fingerprint density at radius 2 is 1.32 bits per heavy atom. The Hall–Kier alpha value is -4.06. The van der Waals surface area contributed by atoms with Crippen molar-refractivity contribution < 1.29 is 14.0 Å². The maximum absolute atomic E-state index is 12.8. The number of carbonyl (C=O) groups is 2. The van der Waals surface area contributed by atoms with Gasteiger partial charge in [-0.15, -0.1) is 5.10 Å². The Kier molecular flexibility index (Phi) is 4.76. The van der Waals surface area contributed by atoms with Crippen molar-refractivity contribution in [1.29, 1.82) is 0 Å². The third kappa shape index (κ3) is 3.57. The molecule has 0 aliphatic heterocycles. The van der Waals surface area contributed by atoms with Crippen LogP contribution in [-0.2, 0) is 0 Å². The van der Waals surface area contributed by atoms with Gasteiger partial charge in [0.2, 0.25) is 5.89 Å². The van der Waals surface area contributed by atoms with Crippen LogP contribution in [0.5, 0.6) is 0 Å². The number of hydrogen-bond acceptors (Lipinski definition) is 5. The first-order chi connectivity index (χ1) is 13.7. The lowest BCUT2D eigenvalue weighted by Gasteiger charge is -2.07. The van der Waals surface area contributed by atoms with E-state index in [2.05, 4.69) is 15.5 Å². The number of amides is 1. The van der Waals surface area contributed by atoms with Crippen LogP contribution in [0.2, 0.25) is 0 Å². The molecule has 0 bridgehead atoms. The van der Waals surface area contributed by atoms with E-state index in [1.165, 1.54) is 0 Å². The molecule has 28 heavy (non-hydrogen) atoms. The molecule has 0 atom stereocenters. The number of aromatic nitrogens is 2. The Labute approximate surface area is 160 Å². The molecule has 0 spiro atoms. The van der Waals surface area contributed by atoms with Crippen molar-refractivity contribution in [3.05, 3.63) is 102 Å². The van der Waals surface area contributed by atoms with E-state index >= 15 is 0 Å². The van der Waals surface area contributed by atoms with Crippen molar-refractivity contribution >= 4 is 17.7 Å². The summed E-state index contributed by atoms with van der Waals surface area (Å²) in [4.78, 5) is 25.5. The zero-order chi connectivity index (χ0) is 19.3. The minimum atomic E-state index is -0.497. The number of hydrogen-bond donors (Lipinski definition) is 1. The summed E-state index contributed by atoms with van der Waals surface area (Å²) in [6.45, 7) is 0. The molecule has 0 saturated heterocycles. The van der Waals surface area contributed by atoms with Gasteiger partial charge in [-0.2, -0.15) is 0 Å². The zero-order valence-electron chi connectivity index (χ0n) is 14.7. The molecule has 4 rings (SSSR count). The van der Waals surface area contributed by atoms with Crippen molar-refractivity contribution in [2.45, 2.75) is 0 Å². The van der Waals surface area contributed by atoms with Gasteiger partial charge in [0.05, 0.1) is 5.56 Å². The fraction of sp³-hybridized carbons (Fsp3) is 0. The molecule has 0 aliphatic rings. The van der Waals surface area contributed by atoms with E-state index < -0.39 is 5.91 Å². The minimum Gasteiger partial charge on any atom is -0.403 e. The molecule has 0 aliphatic carbocycles. The highest BCUT2D eigenvalue weighted by Crippen LogP contribution is 2.20. The van der Waals surface area contributed by atoms with Gasteiger partial charge in [0.15, 0.2) is 5.78 Å². The Bertz CT molecular complexity index is 1120. The molecule has 0 saturated carbocycles. The summed E-state index contributed by atoms with van der Waals surface area (Å²) >= 11 is 0. The van der Waals surface area contributed by atoms with E-state index in [1.54, 1.807) is 48.5 Å². The predicted molar refractivity (Wildman–Crippen MR) is 104 cm³/mol. The van der Waals surface area contributed by atoms with Crippen LogP contribution in [0.4, 0.5) is 6.01 Å². The van der Waals surface area contributed by atoms with Crippen LogP contribution in [0.3, 0.4) is 0 Å². The highest BCUT2D eigenvalue weighted by Gasteiger charge is 2.19. The van der Waals surface area contributed by atoms with Crippen molar-refractivity contribution in [3.8, 4) is 11.5 Å². The maximum atomic E-state index is 12.8. The van der Waals surface area contributed by atoms with Crippen LogP contribution < -0.4 is 5.32 Å². The van der Waals surface area contributed by atoms with E-state index in [9.17, 15) is 9.59 Å². The SMILES string of the molecule is O=C(Nc1nnc(-c2ccccc2)o1)c1ccccc1C(=O)c1ccccc1.